The van der Waals surface area contributed by atoms with Crippen LogP contribution in [0.5, 0.6) is 5.75 Å². The highest BCUT2D eigenvalue weighted by Gasteiger charge is 2.44. The van der Waals surface area contributed by atoms with Crippen LogP contribution in [0.25, 0.3) is 0 Å². The molecule has 3 aromatic carbocycles. The van der Waals surface area contributed by atoms with Gasteiger partial charge in [0, 0.05) is 16.4 Å². The van der Waals surface area contributed by atoms with Gasteiger partial charge in [-0.15, -0.1) is 0 Å². The molecule has 0 aromatic heterocycles. The molecule has 1 aliphatic carbocycles. The Hall–Kier alpha value is -3.54. The molecule has 1 amide bonds. The summed E-state index contributed by atoms with van der Waals surface area (Å²) in [7, 11) is -3.80. The molecule has 0 heterocycles. The molecular formula is C25H22ClN3O4S. The lowest BCUT2D eigenvalue weighted by atomic mass is 9.98. The Morgan fingerprint density at radius 1 is 1.06 bits per heavy atom. The summed E-state index contributed by atoms with van der Waals surface area (Å²) in [6.45, 7) is 1.47. The number of nitriles is 1. The van der Waals surface area contributed by atoms with Crippen molar-refractivity contribution >= 4 is 38.9 Å². The van der Waals surface area contributed by atoms with Crippen LogP contribution in [0.3, 0.4) is 0 Å². The number of nitrogens with zero attached hydrogens (tertiary/aromatic N) is 1. The monoisotopic (exact) mass is 495 g/mol. The van der Waals surface area contributed by atoms with Crippen molar-refractivity contribution in [1.82, 2.24) is 0 Å². The number of aryl methyl sites for hydroxylation is 1. The van der Waals surface area contributed by atoms with Gasteiger partial charge in [-0.05, 0) is 85.5 Å². The standard InChI is InChI=1S/C25H22ClN3O4S/c1-17-14-22(34(31,32)29-21-8-4-19(26)5-9-21)10-11-23(17)33-15-24(30)28-20-6-2-18(3-7-20)25(16-27)12-13-25/h2-11,14,29H,12-13,15H2,1H3,(H,28,30). The fourth-order valence-corrected chi connectivity index (χ4v) is 4.76. The van der Waals surface area contributed by atoms with Crippen LogP contribution in [-0.4, -0.2) is 20.9 Å². The molecule has 2 N–H and O–H groups in total. The number of carbonyl (C=O) groups excluding carboxylic acids is 1. The van der Waals surface area contributed by atoms with E-state index in [9.17, 15) is 18.5 Å². The van der Waals surface area contributed by atoms with Crippen molar-refractivity contribution in [2.75, 3.05) is 16.6 Å². The summed E-state index contributed by atoms with van der Waals surface area (Å²) in [6, 6.07) is 20.3. The van der Waals surface area contributed by atoms with E-state index in [0.29, 0.717) is 27.7 Å². The van der Waals surface area contributed by atoms with Gasteiger partial charge in [0.2, 0.25) is 0 Å². The van der Waals surface area contributed by atoms with E-state index in [0.717, 1.165) is 18.4 Å². The van der Waals surface area contributed by atoms with Crippen molar-refractivity contribution in [3.8, 4) is 11.8 Å². The molecule has 0 spiro atoms. The normalized spacial score (nSPS) is 14.0. The first kappa shape index (κ1) is 23.6. The van der Waals surface area contributed by atoms with Crippen molar-refractivity contribution in [2.45, 2.75) is 30.1 Å². The van der Waals surface area contributed by atoms with E-state index in [2.05, 4.69) is 16.1 Å². The largest absolute Gasteiger partial charge is 0.483 e. The molecule has 0 saturated heterocycles. The van der Waals surface area contributed by atoms with E-state index in [-0.39, 0.29) is 22.8 Å². The van der Waals surface area contributed by atoms with Gasteiger partial charge < -0.3 is 10.1 Å². The summed E-state index contributed by atoms with van der Waals surface area (Å²) in [5.74, 6) is 0.0512. The number of hydrogen-bond donors (Lipinski definition) is 2. The summed E-state index contributed by atoms with van der Waals surface area (Å²) in [5.41, 5.74) is 2.17. The van der Waals surface area contributed by atoms with Gasteiger partial charge in [-0.3, -0.25) is 9.52 Å². The van der Waals surface area contributed by atoms with Crippen molar-refractivity contribution in [1.29, 1.82) is 5.26 Å². The third-order valence-corrected chi connectivity index (χ3v) is 7.23. The lowest BCUT2D eigenvalue weighted by Gasteiger charge is -2.13. The SMILES string of the molecule is Cc1cc(S(=O)(=O)Nc2ccc(Cl)cc2)ccc1OCC(=O)Nc1ccc(C2(C#N)CC2)cc1. The van der Waals surface area contributed by atoms with Crippen LogP contribution < -0.4 is 14.8 Å². The van der Waals surface area contributed by atoms with Crippen molar-refractivity contribution in [3.05, 3.63) is 82.9 Å². The van der Waals surface area contributed by atoms with E-state index in [4.69, 9.17) is 16.3 Å². The summed E-state index contributed by atoms with van der Waals surface area (Å²) in [6.07, 6.45) is 1.72. The van der Waals surface area contributed by atoms with Gasteiger partial charge in [-0.1, -0.05) is 23.7 Å². The van der Waals surface area contributed by atoms with Gasteiger partial charge in [-0.25, -0.2) is 8.42 Å². The molecule has 0 bridgehead atoms. The quantitative estimate of drug-likeness (QED) is 0.456. The van der Waals surface area contributed by atoms with Crippen molar-refractivity contribution in [2.24, 2.45) is 0 Å². The Morgan fingerprint density at radius 2 is 1.71 bits per heavy atom. The van der Waals surface area contributed by atoms with Gasteiger partial charge in [0.25, 0.3) is 15.9 Å². The number of ether oxygens (including phenoxy) is 1. The molecule has 174 valence electrons. The molecule has 0 aliphatic heterocycles. The first-order valence-corrected chi connectivity index (χ1v) is 12.4. The number of benzene rings is 3. The molecular weight excluding hydrogens is 474 g/mol. The minimum atomic E-state index is -3.80. The zero-order valence-electron chi connectivity index (χ0n) is 18.3. The highest BCUT2D eigenvalue weighted by atomic mass is 35.5. The highest BCUT2D eigenvalue weighted by molar-refractivity contribution is 7.92. The summed E-state index contributed by atoms with van der Waals surface area (Å²) in [5, 5.41) is 12.5. The van der Waals surface area contributed by atoms with E-state index in [1.54, 1.807) is 43.3 Å². The van der Waals surface area contributed by atoms with Crippen LogP contribution >= 0.6 is 11.6 Å². The summed E-state index contributed by atoms with van der Waals surface area (Å²) in [4.78, 5) is 12.4. The third kappa shape index (κ3) is 5.33. The maximum atomic E-state index is 12.7. The molecule has 7 nitrogen and oxygen atoms in total. The summed E-state index contributed by atoms with van der Waals surface area (Å²) >= 11 is 5.84. The van der Waals surface area contributed by atoms with Gasteiger partial charge >= 0.3 is 0 Å². The van der Waals surface area contributed by atoms with E-state index in [1.165, 1.54) is 18.2 Å². The molecule has 3 aromatic rings. The maximum absolute atomic E-state index is 12.7. The molecule has 34 heavy (non-hydrogen) atoms. The molecule has 0 unspecified atom stereocenters. The van der Waals surface area contributed by atoms with Crippen LogP contribution in [0.15, 0.2) is 71.6 Å². The van der Waals surface area contributed by atoms with E-state index in [1.807, 2.05) is 12.1 Å². The van der Waals surface area contributed by atoms with Crippen molar-refractivity contribution in [3.63, 3.8) is 0 Å². The number of carbonyl (C=O) groups is 1. The fraction of sp³-hybridized carbons (Fsp3) is 0.200. The van der Waals surface area contributed by atoms with Crippen LogP contribution in [-0.2, 0) is 20.2 Å². The Bertz CT molecular complexity index is 1360. The number of anilines is 2. The van der Waals surface area contributed by atoms with Crippen LogP contribution in [0.2, 0.25) is 5.02 Å². The molecule has 0 radical (unpaired) electrons. The predicted octanol–water partition coefficient (Wildman–Crippen LogP) is 5.02. The first-order chi connectivity index (χ1) is 16.2. The van der Waals surface area contributed by atoms with Crippen LogP contribution in [0, 0.1) is 18.3 Å². The Labute approximate surface area is 203 Å². The predicted molar refractivity (Wildman–Crippen MR) is 131 cm³/mol. The van der Waals surface area contributed by atoms with E-state index >= 15 is 0 Å². The number of amides is 1. The van der Waals surface area contributed by atoms with Gasteiger partial charge in [-0.2, -0.15) is 5.26 Å². The minimum Gasteiger partial charge on any atom is -0.483 e. The number of hydrogen-bond acceptors (Lipinski definition) is 5. The maximum Gasteiger partial charge on any atom is 0.262 e. The minimum absolute atomic E-state index is 0.0719. The fourth-order valence-electron chi connectivity index (χ4n) is 3.49. The van der Waals surface area contributed by atoms with Crippen LogP contribution in [0.4, 0.5) is 11.4 Å². The second-order valence-corrected chi connectivity index (χ2v) is 10.3. The smallest absolute Gasteiger partial charge is 0.262 e. The van der Waals surface area contributed by atoms with E-state index < -0.39 is 10.0 Å². The third-order valence-electron chi connectivity index (χ3n) is 5.60. The average molecular weight is 496 g/mol. The molecule has 1 fully saturated rings. The lowest BCUT2D eigenvalue weighted by Crippen LogP contribution is -2.20. The summed E-state index contributed by atoms with van der Waals surface area (Å²) < 4.78 is 33.4. The van der Waals surface area contributed by atoms with Gasteiger partial charge in [0.05, 0.1) is 16.4 Å². The second kappa shape index (κ2) is 9.37. The molecule has 4 rings (SSSR count). The number of sulfonamides is 1. The number of halogens is 1. The number of rotatable bonds is 8. The zero-order chi connectivity index (χ0) is 24.3. The molecule has 0 atom stereocenters. The Morgan fingerprint density at radius 3 is 2.29 bits per heavy atom. The zero-order valence-corrected chi connectivity index (χ0v) is 19.9. The lowest BCUT2D eigenvalue weighted by molar-refractivity contribution is -0.118. The Kier molecular flexibility index (Phi) is 6.51. The average Bonchev–Trinajstić information content (AvgIpc) is 3.61. The topological polar surface area (TPSA) is 108 Å². The Balaban J connectivity index is 1.35. The highest BCUT2D eigenvalue weighted by Crippen LogP contribution is 2.47. The van der Waals surface area contributed by atoms with Gasteiger partial charge in [0.1, 0.15) is 5.75 Å². The molecule has 1 aliphatic rings. The van der Waals surface area contributed by atoms with Crippen molar-refractivity contribution < 1.29 is 17.9 Å². The van der Waals surface area contributed by atoms with Gasteiger partial charge in [0.15, 0.2) is 6.61 Å². The molecule has 9 heteroatoms. The van der Waals surface area contributed by atoms with Crippen LogP contribution in [0.1, 0.15) is 24.0 Å². The molecule has 1 saturated carbocycles. The number of nitrogens with one attached hydrogen (secondary N) is 2. The second-order valence-electron chi connectivity index (χ2n) is 8.15. The first-order valence-electron chi connectivity index (χ1n) is 10.5.